The number of ether oxygens (including phenoxy) is 1. The number of nitrogens with zero attached hydrogens (tertiary/aromatic N) is 1. The van der Waals surface area contributed by atoms with E-state index in [0.29, 0.717) is 0 Å². The molecule has 3 atom stereocenters. The van der Waals surface area contributed by atoms with E-state index >= 15 is 0 Å². The third-order valence-corrected chi connectivity index (χ3v) is 4.14. The van der Waals surface area contributed by atoms with E-state index in [4.69, 9.17) is 9.84 Å². The van der Waals surface area contributed by atoms with Crippen LogP contribution in [0.4, 0.5) is 5.69 Å². The number of carbonyl (C=O) groups excluding carboxylic acids is 1. The van der Waals surface area contributed by atoms with Crippen molar-refractivity contribution in [1.82, 2.24) is 9.55 Å². The Morgan fingerprint density at radius 1 is 1.31 bits per heavy atom. The van der Waals surface area contributed by atoms with Gasteiger partial charge in [0, 0.05) is 12.6 Å². The van der Waals surface area contributed by atoms with Crippen LogP contribution in [0, 0.1) is 0 Å². The maximum atomic E-state index is 12.1. The Hall–Kier alpha value is -2.75. The van der Waals surface area contributed by atoms with Crippen molar-refractivity contribution in [2.45, 2.75) is 31.3 Å². The molecular formula is C17H19N3O6. The Kier molecular flexibility index (Phi) is 5.31. The molecule has 1 amide bonds. The first-order valence-electron chi connectivity index (χ1n) is 8.11. The Morgan fingerprint density at radius 3 is 2.69 bits per heavy atom. The maximum Gasteiger partial charge on any atom is 0.330 e. The van der Waals surface area contributed by atoms with Gasteiger partial charge in [-0.1, -0.05) is 30.3 Å². The lowest BCUT2D eigenvalue weighted by Crippen LogP contribution is -2.34. The predicted octanol–water partition coefficient (Wildman–Crippen LogP) is -0.641. The zero-order chi connectivity index (χ0) is 18.7. The van der Waals surface area contributed by atoms with Gasteiger partial charge < -0.3 is 20.3 Å². The van der Waals surface area contributed by atoms with E-state index in [9.17, 15) is 19.5 Å². The van der Waals surface area contributed by atoms with Crippen LogP contribution in [0.2, 0.25) is 0 Å². The van der Waals surface area contributed by atoms with Crippen molar-refractivity contribution in [3.05, 3.63) is 62.9 Å². The molecule has 1 saturated heterocycles. The van der Waals surface area contributed by atoms with Gasteiger partial charge in [-0.15, -0.1) is 0 Å². The van der Waals surface area contributed by atoms with Crippen molar-refractivity contribution < 1.29 is 19.7 Å². The van der Waals surface area contributed by atoms with Crippen molar-refractivity contribution in [3.63, 3.8) is 0 Å². The highest BCUT2D eigenvalue weighted by Gasteiger charge is 2.35. The molecule has 3 rings (SSSR count). The van der Waals surface area contributed by atoms with Gasteiger partial charge in [-0.05, 0) is 5.56 Å². The molecule has 1 aromatic heterocycles. The average Bonchev–Trinajstić information content (AvgIpc) is 2.98. The molecule has 0 spiro atoms. The van der Waals surface area contributed by atoms with Crippen molar-refractivity contribution in [3.8, 4) is 0 Å². The number of aromatic amines is 1. The molecule has 0 bridgehead atoms. The van der Waals surface area contributed by atoms with E-state index in [2.05, 4.69) is 10.3 Å². The van der Waals surface area contributed by atoms with Crippen molar-refractivity contribution in [1.29, 1.82) is 0 Å². The predicted molar refractivity (Wildman–Crippen MR) is 91.7 cm³/mol. The van der Waals surface area contributed by atoms with Crippen molar-refractivity contribution in [2.75, 3.05) is 11.9 Å². The van der Waals surface area contributed by atoms with E-state index < -0.39 is 42.2 Å². The van der Waals surface area contributed by atoms with Crippen LogP contribution in [0.1, 0.15) is 18.2 Å². The van der Waals surface area contributed by atoms with Crippen molar-refractivity contribution in [2.24, 2.45) is 0 Å². The summed E-state index contributed by atoms with van der Waals surface area (Å²) in [5.41, 5.74) is -0.782. The zero-order valence-corrected chi connectivity index (χ0v) is 13.8. The Balaban J connectivity index is 1.79. The highest BCUT2D eigenvalue weighted by atomic mass is 16.5. The quantitative estimate of drug-likeness (QED) is 0.560. The number of benzene rings is 1. The van der Waals surface area contributed by atoms with Gasteiger partial charge >= 0.3 is 5.69 Å². The van der Waals surface area contributed by atoms with E-state index in [1.54, 1.807) is 24.3 Å². The second-order valence-electron chi connectivity index (χ2n) is 6.03. The summed E-state index contributed by atoms with van der Waals surface area (Å²) in [6.07, 6.45) is -1.26. The molecule has 2 aromatic rings. The minimum Gasteiger partial charge on any atom is -0.394 e. The third-order valence-electron chi connectivity index (χ3n) is 4.14. The lowest BCUT2D eigenvalue weighted by Gasteiger charge is -2.15. The van der Waals surface area contributed by atoms with Gasteiger partial charge in [-0.25, -0.2) is 4.79 Å². The first-order chi connectivity index (χ1) is 12.5. The molecule has 0 aliphatic carbocycles. The number of hydrogen-bond acceptors (Lipinski definition) is 6. The lowest BCUT2D eigenvalue weighted by atomic mass is 10.1. The fraction of sp³-hybridized carbons (Fsp3) is 0.353. The van der Waals surface area contributed by atoms with Crippen LogP contribution in [0.25, 0.3) is 0 Å². The van der Waals surface area contributed by atoms with Crippen LogP contribution in [0.3, 0.4) is 0 Å². The molecule has 1 fully saturated rings. The minimum atomic E-state index is -0.931. The summed E-state index contributed by atoms with van der Waals surface area (Å²) in [4.78, 5) is 38.3. The molecule has 1 aromatic carbocycles. The Bertz CT molecular complexity index is 891. The van der Waals surface area contributed by atoms with Gasteiger partial charge in [-0.3, -0.25) is 19.1 Å². The number of nitrogens with one attached hydrogen (secondary N) is 2. The summed E-state index contributed by atoms with van der Waals surface area (Å²) in [6, 6.07) is 9.00. The number of aliphatic hydroxyl groups excluding tert-OH is 2. The van der Waals surface area contributed by atoms with Crippen LogP contribution in [-0.4, -0.2) is 44.5 Å². The minimum absolute atomic E-state index is 0.0740. The van der Waals surface area contributed by atoms with Crippen LogP contribution >= 0.6 is 0 Å². The van der Waals surface area contributed by atoms with Gasteiger partial charge in [0.1, 0.15) is 18.0 Å². The van der Waals surface area contributed by atoms with Gasteiger partial charge in [0.2, 0.25) is 5.91 Å². The second-order valence-corrected chi connectivity index (χ2v) is 6.03. The number of carbonyl (C=O) groups is 1. The molecule has 4 N–H and O–H groups in total. The summed E-state index contributed by atoms with van der Waals surface area (Å²) < 4.78 is 6.50. The van der Waals surface area contributed by atoms with E-state index in [1.807, 2.05) is 6.07 Å². The lowest BCUT2D eigenvalue weighted by molar-refractivity contribution is -0.115. The van der Waals surface area contributed by atoms with Crippen LogP contribution in [-0.2, 0) is 16.0 Å². The number of H-pyrrole nitrogens is 1. The summed E-state index contributed by atoms with van der Waals surface area (Å²) in [6.45, 7) is -0.392. The molecule has 0 unspecified atom stereocenters. The maximum absolute atomic E-state index is 12.1. The largest absolute Gasteiger partial charge is 0.394 e. The second kappa shape index (κ2) is 7.65. The smallest absolute Gasteiger partial charge is 0.330 e. The fourth-order valence-electron chi connectivity index (χ4n) is 2.81. The zero-order valence-electron chi connectivity index (χ0n) is 13.8. The molecule has 138 valence electrons. The van der Waals surface area contributed by atoms with Crippen LogP contribution < -0.4 is 16.6 Å². The number of amides is 1. The van der Waals surface area contributed by atoms with Gasteiger partial charge in [0.25, 0.3) is 5.56 Å². The number of rotatable bonds is 5. The normalized spacial score (nSPS) is 22.3. The number of hydrogen-bond donors (Lipinski definition) is 4. The summed E-state index contributed by atoms with van der Waals surface area (Å²) in [7, 11) is 0. The number of aliphatic hydroxyl groups is 2. The van der Waals surface area contributed by atoms with E-state index in [0.717, 1.165) is 10.1 Å². The van der Waals surface area contributed by atoms with Crippen LogP contribution in [0.15, 0.2) is 46.1 Å². The molecule has 9 heteroatoms. The molecule has 26 heavy (non-hydrogen) atoms. The van der Waals surface area contributed by atoms with Gasteiger partial charge in [0.15, 0.2) is 0 Å². The Morgan fingerprint density at radius 2 is 2.04 bits per heavy atom. The third kappa shape index (κ3) is 3.90. The summed E-state index contributed by atoms with van der Waals surface area (Å²) in [5, 5.41) is 21.4. The van der Waals surface area contributed by atoms with E-state index in [1.165, 1.54) is 6.20 Å². The topological polar surface area (TPSA) is 134 Å². The SMILES string of the molecule is O=C(Cc1ccccc1)Nc1cn([C@H]2C[C@H](O)[C@@H](CO)O2)c(=O)[nH]c1=O. The standard InChI is InChI=1S/C17H19N3O6/c21-9-13-12(22)7-15(26-13)20-8-11(16(24)19-17(20)25)18-14(23)6-10-4-2-1-3-5-10/h1-5,8,12-13,15,21-22H,6-7,9H2,(H,18,23)(H,19,24,25)/t12-,13+,15+/m0/s1. The van der Waals surface area contributed by atoms with Crippen molar-refractivity contribution >= 4 is 11.6 Å². The molecule has 1 aliphatic rings. The summed E-state index contributed by atoms with van der Waals surface area (Å²) >= 11 is 0. The first-order valence-corrected chi connectivity index (χ1v) is 8.11. The highest BCUT2D eigenvalue weighted by Crippen LogP contribution is 2.27. The molecular weight excluding hydrogens is 342 g/mol. The fourth-order valence-corrected chi connectivity index (χ4v) is 2.81. The summed E-state index contributed by atoms with van der Waals surface area (Å²) in [5.74, 6) is -0.410. The van der Waals surface area contributed by atoms with Gasteiger partial charge in [-0.2, -0.15) is 0 Å². The molecule has 0 radical (unpaired) electrons. The molecule has 9 nitrogen and oxygen atoms in total. The first kappa shape index (κ1) is 18.1. The highest BCUT2D eigenvalue weighted by molar-refractivity contribution is 5.91. The number of anilines is 1. The molecule has 2 heterocycles. The van der Waals surface area contributed by atoms with E-state index in [-0.39, 0.29) is 18.5 Å². The molecule has 0 saturated carbocycles. The molecule has 1 aliphatic heterocycles. The number of aromatic nitrogens is 2. The van der Waals surface area contributed by atoms with Crippen LogP contribution in [0.5, 0.6) is 0 Å². The van der Waals surface area contributed by atoms with Gasteiger partial charge in [0.05, 0.1) is 19.1 Å². The average molecular weight is 361 g/mol. The Labute approximate surface area is 147 Å². The monoisotopic (exact) mass is 361 g/mol.